The van der Waals surface area contributed by atoms with Gasteiger partial charge in [-0.25, -0.2) is 4.98 Å². The molecule has 0 amide bonds. The summed E-state index contributed by atoms with van der Waals surface area (Å²) < 4.78 is 5.50. The Morgan fingerprint density at radius 3 is 2.89 bits per heavy atom. The van der Waals surface area contributed by atoms with E-state index >= 15 is 0 Å². The molecule has 1 atom stereocenters. The smallest absolute Gasteiger partial charge is 0.191 e. The fourth-order valence-electron chi connectivity index (χ4n) is 3.38. The number of para-hydroxylation sites is 2. The number of halogens is 1. The number of aryl methyl sites for hydroxylation is 1. The molecule has 0 saturated carbocycles. The Morgan fingerprint density at radius 2 is 2.18 bits per heavy atom. The van der Waals surface area contributed by atoms with E-state index in [1.807, 2.05) is 25.4 Å². The van der Waals surface area contributed by atoms with Crippen LogP contribution in [0.3, 0.4) is 0 Å². The van der Waals surface area contributed by atoms with Crippen molar-refractivity contribution in [2.75, 3.05) is 45.2 Å². The largest absolute Gasteiger partial charge is 0.495 e. The molecule has 0 radical (unpaired) electrons. The molecule has 1 aliphatic rings. The fraction of sp³-hybridized carbons (Fsp3) is 0.500. The summed E-state index contributed by atoms with van der Waals surface area (Å²) in [6.45, 7) is 5.93. The highest BCUT2D eigenvalue weighted by Gasteiger charge is 2.24. The summed E-state index contributed by atoms with van der Waals surface area (Å²) >= 11 is 1.75. The highest BCUT2D eigenvalue weighted by Crippen LogP contribution is 2.31. The van der Waals surface area contributed by atoms with Crippen LogP contribution >= 0.6 is 35.3 Å². The Bertz CT molecular complexity index is 767. The van der Waals surface area contributed by atoms with Crippen LogP contribution in [0.4, 0.5) is 5.69 Å². The summed E-state index contributed by atoms with van der Waals surface area (Å²) in [5.74, 6) is 2.40. The maximum atomic E-state index is 5.50. The second-order valence-electron chi connectivity index (χ2n) is 6.77. The van der Waals surface area contributed by atoms with Crippen LogP contribution in [0.15, 0.2) is 35.5 Å². The van der Waals surface area contributed by atoms with Crippen LogP contribution in [0, 0.1) is 12.8 Å². The zero-order valence-corrected chi connectivity index (χ0v) is 19.9. The van der Waals surface area contributed by atoms with E-state index < -0.39 is 0 Å². The lowest BCUT2D eigenvalue weighted by Crippen LogP contribution is -2.41. The van der Waals surface area contributed by atoms with Crippen molar-refractivity contribution in [3.63, 3.8) is 0 Å². The third-order valence-corrected chi connectivity index (χ3v) is 5.77. The van der Waals surface area contributed by atoms with Gasteiger partial charge in [0.15, 0.2) is 5.96 Å². The van der Waals surface area contributed by atoms with Crippen molar-refractivity contribution < 1.29 is 4.74 Å². The minimum atomic E-state index is 0. The molecule has 3 rings (SSSR count). The van der Waals surface area contributed by atoms with E-state index in [4.69, 9.17) is 4.74 Å². The molecular weight excluding hydrogens is 485 g/mol. The van der Waals surface area contributed by atoms with Gasteiger partial charge in [-0.15, -0.1) is 35.3 Å². The monoisotopic (exact) mass is 515 g/mol. The second-order valence-corrected chi connectivity index (χ2v) is 8.09. The van der Waals surface area contributed by atoms with E-state index in [0.29, 0.717) is 5.92 Å². The lowest BCUT2D eigenvalue weighted by atomic mass is 10.1. The quantitative estimate of drug-likeness (QED) is 0.337. The van der Waals surface area contributed by atoms with Crippen molar-refractivity contribution >= 4 is 47.0 Å². The van der Waals surface area contributed by atoms with Gasteiger partial charge in [-0.2, -0.15) is 0 Å². The number of ether oxygens (including phenoxy) is 1. The summed E-state index contributed by atoms with van der Waals surface area (Å²) in [6.07, 6.45) is 4.02. The topological polar surface area (TPSA) is 61.8 Å². The van der Waals surface area contributed by atoms with Crippen molar-refractivity contribution in [1.29, 1.82) is 0 Å². The van der Waals surface area contributed by atoms with Crippen molar-refractivity contribution in [2.24, 2.45) is 10.9 Å². The van der Waals surface area contributed by atoms with Gasteiger partial charge in [0, 0.05) is 50.7 Å². The summed E-state index contributed by atoms with van der Waals surface area (Å²) in [4.78, 5) is 12.4. The van der Waals surface area contributed by atoms with Crippen LogP contribution in [-0.4, -0.2) is 51.3 Å². The number of thiazole rings is 1. The standard InChI is InChI=1S/C20H29N5OS.HI/c1-15-12-23-19(27-15)8-10-22-20(21-2)24-13-16-9-11-25(14-16)17-6-4-5-7-18(17)26-3;/h4-7,12,16H,8-11,13-14H2,1-3H3,(H2,21,22,24);1H. The number of guanidine groups is 1. The first-order valence-electron chi connectivity index (χ1n) is 9.43. The summed E-state index contributed by atoms with van der Waals surface area (Å²) in [5.41, 5.74) is 1.18. The van der Waals surface area contributed by atoms with Gasteiger partial charge in [-0.1, -0.05) is 12.1 Å². The molecule has 2 aromatic rings. The van der Waals surface area contributed by atoms with Crippen LogP contribution in [0.5, 0.6) is 5.75 Å². The summed E-state index contributed by atoms with van der Waals surface area (Å²) in [5, 5.41) is 8.02. The Balaban J connectivity index is 0.00000280. The minimum Gasteiger partial charge on any atom is -0.495 e. The Hall–Kier alpha value is -1.55. The lowest BCUT2D eigenvalue weighted by Gasteiger charge is -2.21. The van der Waals surface area contributed by atoms with Gasteiger partial charge in [0.2, 0.25) is 0 Å². The molecule has 1 unspecified atom stereocenters. The second kappa shape index (κ2) is 11.5. The molecule has 28 heavy (non-hydrogen) atoms. The molecule has 0 bridgehead atoms. The SMILES string of the molecule is CN=C(NCCc1ncc(C)s1)NCC1CCN(c2ccccc2OC)C1.I. The molecule has 154 valence electrons. The molecule has 1 aromatic carbocycles. The zero-order valence-electron chi connectivity index (χ0n) is 16.8. The molecule has 2 N–H and O–H groups in total. The number of hydrogen-bond donors (Lipinski definition) is 2. The molecule has 1 aromatic heterocycles. The van der Waals surface area contributed by atoms with Gasteiger partial charge >= 0.3 is 0 Å². The van der Waals surface area contributed by atoms with Crippen molar-refractivity contribution in [3.05, 3.63) is 40.3 Å². The predicted molar refractivity (Wildman–Crippen MR) is 129 cm³/mol. The number of methoxy groups -OCH3 is 1. The third kappa shape index (κ3) is 6.23. The Morgan fingerprint density at radius 1 is 1.36 bits per heavy atom. The molecular formula is C20H30IN5OS. The van der Waals surface area contributed by atoms with Crippen molar-refractivity contribution in [3.8, 4) is 5.75 Å². The first-order valence-corrected chi connectivity index (χ1v) is 10.2. The molecule has 2 heterocycles. The van der Waals surface area contributed by atoms with Crippen LogP contribution in [-0.2, 0) is 6.42 Å². The molecule has 1 saturated heterocycles. The van der Waals surface area contributed by atoms with Crippen molar-refractivity contribution in [1.82, 2.24) is 15.6 Å². The van der Waals surface area contributed by atoms with E-state index in [0.717, 1.165) is 44.3 Å². The van der Waals surface area contributed by atoms with E-state index in [1.165, 1.54) is 22.0 Å². The first kappa shape index (κ1) is 22.7. The molecule has 0 aliphatic carbocycles. The average Bonchev–Trinajstić information content (AvgIpc) is 3.33. The zero-order chi connectivity index (χ0) is 19.1. The number of anilines is 1. The first-order chi connectivity index (χ1) is 13.2. The van der Waals surface area contributed by atoms with E-state index in [-0.39, 0.29) is 24.0 Å². The molecule has 0 spiro atoms. The van der Waals surface area contributed by atoms with Crippen LogP contribution in [0.1, 0.15) is 16.3 Å². The minimum absolute atomic E-state index is 0. The Kier molecular flexibility index (Phi) is 9.30. The third-order valence-electron chi connectivity index (χ3n) is 4.79. The highest BCUT2D eigenvalue weighted by atomic mass is 127. The number of aromatic nitrogens is 1. The van der Waals surface area contributed by atoms with Gasteiger partial charge in [0.1, 0.15) is 5.75 Å². The number of aliphatic imine (C=N–C) groups is 1. The molecule has 1 fully saturated rings. The number of benzene rings is 1. The van der Waals surface area contributed by atoms with Gasteiger partial charge in [-0.3, -0.25) is 4.99 Å². The van der Waals surface area contributed by atoms with E-state index in [9.17, 15) is 0 Å². The number of nitrogens with zero attached hydrogens (tertiary/aromatic N) is 3. The van der Waals surface area contributed by atoms with Crippen LogP contribution < -0.4 is 20.3 Å². The van der Waals surface area contributed by atoms with Gasteiger partial charge < -0.3 is 20.3 Å². The maximum Gasteiger partial charge on any atom is 0.191 e. The van der Waals surface area contributed by atoms with Crippen molar-refractivity contribution in [2.45, 2.75) is 19.8 Å². The molecule has 6 nitrogen and oxygen atoms in total. The lowest BCUT2D eigenvalue weighted by molar-refractivity contribution is 0.414. The van der Waals surface area contributed by atoms with Gasteiger partial charge in [0.05, 0.1) is 17.8 Å². The van der Waals surface area contributed by atoms with E-state index in [2.05, 4.69) is 44.6 Å². The fourth-order valence-corrected chi connectivity index (χ4v) is 4.16. The maximum absolute atomic E-state index is 5.50. The number of rotatable bonds is 7. The number of nitrogens with one attached hydrogen (secondary N) is 2. The van der Waals surface area contributed by atoms with Crippen LogP contribution in [0.2, 0.25) is 0 Å². The normalized spacial score (nSPS) is 16.6. The Labute approximate surface area is 188 Å². The van der Waals surface area contributed by atoms with Gasteiger partial charge in [0.25, 0.3) is 0 Å². The summed E-state index contributed by atoms with van der Waals surface area (Å²) in [7, 11) is 3.55. The molecule has 8 heteroatoms. The number of hydrogen-bond acceptors (Lipinski definition) is 5. The molecule has 1 aliphatic heterocycles. The van der Waals surface area contributed by atoms with E-state index in [1.54, 1.807) is 18.4 Å². The average molecular weight is 515 g/mol. The van der Waals surface area contributed by atoms with Gasteiger partial charge in [-0.05, 0) is 31.4 Å². The van der Waals surface area contributed by atoms with Crippen LogP contribution in [0.25, 0.3) is 0 Å². The predicted octanol–water partition coefficient (Wildman–Crippen LogP) is 3.31. The highest BCUT2D eigenvalue weighted by molar-refractivity contribution is 14.0. The summed E-state index contributed by atoms with van der Waals surface area (Å²) in [6, 6.07) is 8.24.